The molecule has 11 heteroatoms. The molecule has 0 radical (unpaired) electrons. The van der Waals surface area contributed by atoms with Gasteiger partial charge >= 0.3 is 16.1 Å². The molecule has 0 heterocycles. The van der Waals surface area contributed by atoms with Crippen molar-refractivity contribution in [3.05, 3.63) is 34.4 Å². The molecule has 0 aliphatic carbocycles. The number of nitro groups is 1. The summed E-state index contributed by atoms with van der Waals surface area (Å²) in [5, 5.41) is 27.7. The minimum atomic E-state index is -4.50. The number of benzene rings is 1. The Balaban J connectivity index is 0.00000361. The summed E-state index contributed by atoms with van der Waals surface area (Å²) in [6.45, 7) is -0.991. The molecule has 0 bridgehead atoms. The Morgan fingerprint density at radius 1 is 1.35 bits per heavy atom. The van der Waals surface area contributed by atoms with Gasteiger partial charge in [0.2, 0.25) is 0 Å². The van der Waals surface area contributed by atoms with E-state index in [1.54, 1.807) is 0 Å². The molecule has 20 heavy (non-hydrogen) atoms. The van der Waals surface area contributed by atoms with Gasteiger partial charge in [-0.05, 0) is 12.1 Å². The quantitative estimate of drug-likeness (QED) is 0.369. The molecule has 1 aromatic rings. The minimum absolute atomic E-state index is 0. The second-order valence-corrected chi connectivity index (χ2v) is 4.85. The number of aliphatic hydroxyl groups is 2. The lowest BCUT2D eigenvalue weighted by atomic mass is 10.3. The fraction of sp³-hybridized carbons (Fsp3) is 0.222. The van der Waals surface area contributed by atoms with Crippen molar-refractivity contribution >= 4 is 21.8 Å². The van der Waals surface area contributed by atoms with E-state index in [9.17, 15) is 23.3 Å². The Labute approximate surface area is 112 Å². The zero-order chi connectivity index (χ0) is 14.6. The first-order valence-electron chi connectivity index (χ1n) is 4.79. The van der Waals surface area contributed by atoms with Crippen LogP contribution in [0.15, 0.2) is 29.2 Å². The normalized spacial score (nSPS) is 12.1. The Morgan fingerprint density at radius 2 is 1.85 bits per heavy atom. The number of non-ortho nitro benzene ring substituents is 1. The van der Waals surface area contributed by atoms with Crippen LogP contribution in [0.25, 0.3) is 0 Å². The second-order valence-electron chi connectivity index (χ2n) is 3.31. The smallest absolute Gasteiger partial charge is 0.353 e. The first kappa shape index (κ1) is 17.9. The molecule has 1 unspecified atom stereocenters. The van der Waals surface area contributed by atoms with Gasteiger partial charge in [0.25, 0.3) is 5.69 Å². The van der Waals surface area contributed by atoms with Crippen molar-refractivity contribution in [1.82, 2.24) is 0 Å². The topological polar surface area (TPSA) is 176 Å². The van der Waals surface area contributed by atoms with E-state index in [2.05, 4.69) is 4.18 Å². The molecule has 112 valence electrons. The summed E-state index contributed by atoms with van der Waals surface area (Å²) in [5.74, 6) is -1.54. The third-order valence-electron chi connectivity index (χ3n) is 1.97. The van der Waals surface area contributed by atoms with E-state index in [-0.39, 0.29) is 11.2 Å². The Bertz CT molecular complexity index is 580. The van der Waals surface area contributed by atoms with E-state index < -0.39 is 38.6 Å². The lowest BCUT2D eigenvalue weighted by Gasteiger charge is -2.08. The minimum Gasteiger partial charge on any atom is -0.412 e. The van der Waals surface area contributed by atoms with Gasteiger partial charge in [-0.1, -0.05) is 0 Å². The van der Waals surface area contributed by atoms with Crippen LogP contribution in [-0.2, 0) is 19.1 Å². The number of hydrogen-bond acceptors (Lipinski definition) is 8. The summed E-state index contributed by atoms with van der Waals surface area (Å²) < 4.78 is 27.1. The van der Waals surface area contributed by atoms with Crippen LogP contribution in [0.4, 0.5) is 5.69 Å². The van der Waals surface area contributed by atoms with Crippen LogP contribution in [0.5, 0.6) is 0 Å². The van der Waals surface area contributed by atoms with Gasteiger partial charge in [-0.2, -0.15) is 8.42 Å². The van der Waals surface area contributed by atoms with E-state index in [0.717, 1.165) is 24.3 Å². The van der Waals surface area contributed by atoms with Gasteiger partial charge in [0.1, 0.15) is 4.90 Å². The summed E-state index contributed by atoms with van der Waals surface area (Å²) in [6, 6.07) is 3.60. The molecular weight excluding hydrogens is 298 g/mol. The first-order chi connectivity index (χ1) is 8.77. The lowest BCUT2D eigenvalue weighted by Crippen LogP contribution is -2.28. The largest absolute Gasteiger partial charge is 0.412 e. The molecule has 0 saturated carbocycles. The number of nitro benzene ring substituents is 1. The van der Waals surface area contributed by atoms with Crippen LogP contribution in [-0.4, -0.2) is 47.7 Å². The molecule has 10 nitrogen and oxygen atoms in total. The van der Waals surface area contributed by atoms with Crippen molar-refractivity contribution in [1.29, 1.82) is 0 Å². The van der Waals surface area contributed by atoms with Gasteiger partial charge in [-0.15, -0.1) is 0 Å². The third kappa shape index (κ3) is 4.24. The summed E-state index contributed by atoms with van der Waals surface area (Å²) in [6.07, 6.45) is -1.98. The van der Waals surface area contributed by atoms with Crippen molar-refractivity contribution in [2.24, 2.45) is 0 Å². The van der Waals surface area contributed by atoms with Gasteiger partial charge in [0, 0.05) is 12.1 Å². The summed E-state index contributed by atoms with van der Waals surface area (Å²) in [5.41, 5.74) is -0.333. The average molecular weight is 309 g/mol. The monoisotopic (exact) mass is 309 g/mol. The number of carbonyl (C=O) groups excluding carboxylic acids is 1. The molecule has 0 aliphatic heterocycles. The van der Waals surface area contributed by atoms with Crippen LogP contribution in [0.1, 0.15) is 0 Å². The van der Waals surface area contributed by atoms with Crippen LogP contribution in [0.3, 0.4) is 0 Å². The van der Waals surface area contributed by atoms with E-state index in [4.69, 9.17) is 10.2 Å². The molecule has 0 aromatic heterocycles. The van der Waals surface area contributed by atoms with E-state index in [1.807, 2.05) is 0 Å². The number of aliphatic hydroxyl groups excluding tert-OH is 2. The highest BCUT2D eigenvalue weighted by Crippen LogP contribution is 2.17. The molecule has 0 aliphatic rings. The first-order valence-corrected chi connectivity index (χ1v) is 6.20. The molecule has 0 amide bonds. The van der Waals surface area contributed by atoms with E-state index >= 15 is 0 Å². The molecule has 1 atom stereocenters. The maximum atomic E-state index is 11.5. The third-order valence-corrected chi connectivity index (χ3v) is 3.21. The van der Waals surface area contributed by atoms with Gasteiger partial charge < -0.3 is 19.9 Å². The second kappa shape index (κ2) is 6.91. The van der Waals surface area contributed by atoms with Gasteiger partial charge in [-0.3, -0.25) is 10.1 Å². The summed E-state index contributed by atoms with van der Waals surface area (Å²) >= 11 is 0. The lowest BCUT2D eigenvalue weighted by molar-refractivity contribution is -0.384. The van der Waals surface area contributed by atoms with E-state index in [1.165, 1.54) is 0 Å². The zero-order valence-electron chi connectivity index (χ0n) is 9.79. The molecule has 1 aromatic carbocycles. The van der Waals surface area contributed by atoms with Gasteiger partial charge in [0.15, 0.2) is 6.10 Å². The predicted octanol–water partition coefficient (Wildman–Crippen LogP) is -1.64. The molecular formula is C9H11NO9S. The standard InChI is InChI=1S/C9H9NO8S.H2O/c11-5-8(12)9(13)18-19(16,17)7-3-1-6(2-4-7)10(14)15;/h1-4,8,11-12H,5H2;1H2. The Kier molecular flexibility index (Phi) is 6.19. The van der Waals surface area contributed by atoms with Crippen molar-refractivity contribution in [3.63, 3.8) is 0 Å². The van der Waals surface area contributed by atoms with Crippen LogP contribution < -0.4 is 0 Å². The maximum absolute atomic E-state index is 11.5. The summed E-state index contributed by atoms with van der Waals surface area (Å²) in [7, 11) is -4.50. The Morgan fingerprint density at radius 3 is 2.25 bits per heavy atom. The van der Waals surface area contributed by atoms with E-state index in [0.29, 0.717) is 0 Å². The van der Waals surface area contributed by atoms with Crippen molar-refractivity contribution in [2.45, 2.75) is 11.0 Å². The molecule has 0 fully saturated rings. The fourth-order valence-electron chi connectivity index (χ4n) is 1.02. The van der Waals surface area contributed by atoms with Crippen molar-refractivity contribution in [2.75, 3.05) is 6.61 Å². The Hall–Kier alpha value is -2.08. The van der Waals surface area contributed by atoms with Crippen LogP contribution >= 0.6 is 0 Å². The van der Waals surface area contributed by atoms with Crippen LogP contribution in [0, 0.1) is 10.1 Å². The average Bonchev–Trinajstić information content (AvgIpc) is 2.37. The SMILES string of the molecule is O.O=C(OS(=O)(=O)c1ccc([N+](=O)[O-])cc1)C(O)CO. The van der Waals surface area contributed by atoms with Gasteiger partial charge in [0.05, 0.1) is 11.5 Å². The predicted molar refractivity (Wildman–Crippen MR) is 63.1 cm³/mol. The number of rotatable bonds is 5. The maximum Gasteiger partial charge on any atom is 0.353 e. The highest BCUT2D eigenvalue weighted by atomic mass is 32.2. The van der Waals surface area contributed by atoms with Crippen LogP contribution in [0.2, 0.25) is 0 Å². The fourth-order valence-corrected chi connectivity index (χ4v) is 1.91. The highest BCUT2D eigenvalue weighted by Gasteiger charge is 2.25. The number of carbonyl (C=O) groups is 1. The van der Waals surface area contributed by atoms with Crippen molar-refractivity contribution in [3.8, 4) is 0 Å². The molecule has 4 N–H and O–H groups in total. The molecule has 0 spiro atoms. The number of hydrogen-bond donors (Lipinski definition) is 2. The molecule has 1 rings (SSSR count). The van der Waals surface area contributed by atoms with Crippen molar-refractivity contribution < 1.29 is 38.0 Å². The zero-order valence-corrected chi connectivity index (χ0v) is 10.6. The number of nitrogens with zero attached hydrogens (tertiary/aromatic N) is 1. The molecule has 0 saturated heterocycles. The highest BCUT2D eigenvalue weighted by molar-refractivity contribution is 7.87. The van der Waals surface area contributed by atoms with Gasteiger partial charge in [-0.25, -0.2) is 4.79 Å². The summed E-state index contributed by atoms with van der Waals surface area (Å²) in [4.78, 5) is 20.2.